The second-order valence-electron chi connectivity index (χ2n) is 6.28. The van der Waals surface area contributed by atoms with E-state index in [1.807, 2.05) is 6.20 Å². The van der Waals surface area contributed by atoms with Crippen molar-refractivity contribution in [3.05, 3.63) is 23.2 Å². The van der Waals surface area contributed by atoms with Crippen molar-refractivity contribution in [2.45, 2.75) is 77.0 Å². The molecule has 0 saturated heterocycles. The van der Waals surface area contributed by atoms with E-state index in [1.165, 1.54) is 56.3 Å². The second kappa shape index (κ2) is 10.8. The van der Waals surface area contributed by atoms with E-state index < -0.39 is 18.4 Å². The van der Waals surface area contributed by atoms with Gasteiger partial charge in [0, 0.05) is 0 Å². The fraction of sp³-hybridized carbons (Fsp3) is 0.765. The molecule has 0 aliphatic heterocycles. The third-order valence-corrected chi connectivity index (χ3v) is 19.7. The van der Waals surface area contributed by atoms with Gasteiger partial charge in [-0.05, 0) is 0 Å². The molecule has 0 unspecified atom stereocenters. The van der Waals surface area contributed by atoms with Crippen LogP contribution in [0.25, 0.3) is 0 Å². The summed E-state index contributed by atoms with van der Waals surface area (Å²) in [7, 11) is 0. The van der Waals surface area contributed by atoms with E-state index in [1.54, 1.807) is 6.07 Å². The Morgan fingerprint density at radius 3 is 1.90 bits per heavy atom. The molecule has 0 spiro atoms. The van der Waals surface area contributed by atoms with E-state index in [0.717, 1.165) is 5.82 Å². The molecule has 1 aromatic rings. The summed E-state index contributed by atoms with van der Waals surface area (Å²) < 4.78 is 5.69. The van der Waals surface area contributed by atoms with Gasteiger partial charge in [0.25, 0.3) is 0 Å². The molecule has 0 aromatic carbocycles. The van der Waals surface area contributed by atoms with E-state index in [0.29, 0.717) is 5.15 Å². The topological polar surface area (TPSA) is 25.8 Å². The van der Waals surface area contributed by atoms with Crippen LogP contribution in [0.5, 0.6) is 0 Å². The summed E-state index contributed by atoms with van der Waals surface area (Å²) in [5, 5.41) is 0.599. The predicted octanol–water partition coefficient (Wildman–Crippen LogP) is 6.06. The summed E-state index contributed by atoms with van der Waals surface area (Å²) in [5.74, 6) is 1.02. The molecule has 0 fully saturated rings. The van der Waals surface area contributed by atoms with Gasteiger partial charge in [-0.15, -0.1) is 0 Å². The van der Waals surface area contributed by atoms with Gasteiger partial charge in [0.05, 0.1) is 0 Å². The third kappa shape index (κ3) is 7.31. The molecule has 2 nitrogen and oxygen atoms in total. The van der Waals surface area contributed by atoms with Crippen LogP contribution in [-0.4, -0.2) is 28.3 Å². The van der Waals surface area contributed by atoms with E-state index in [-0.39, 0.29) is 0 Å². The molecule has 4 heteroatoms. The van der Waals surface area contributed by atoms with E-state index in [2.05, 4.69) is 30.7 Å². The molecule has 21 heavy (non-hydrogen) atoms. The Balaban J connectivity index is 2.88. The second-order valence-corrected chi connectivity index (χ2v) is 20.5. The minimum atomic E-state index is -2.16. The zero-order valence-corrected chi connectivity index (χ0v) is 17.6. The summed E-state index contributed by atoms with van der Waals surface area (Å²) in [6, 6.07) is 1.78. The summed E-state index contributed by atoms with van der Waals surface area (Å²) in [6.45, 7) is 6.93. The van der Waals surface area contributed by atoms with Crippen LogP contribution in [0.15, 0.2) is 12.3 Å². The first-order valence-electron chi connectivity index (χ1n) is 8.63. The number of rotatable bonds is 11. The Morgan fingerprint density at radius 2 is 1.48 bits per heavy atom. The summed E-state index contributed by atoms with van der Waals surface area (Å²) in [5.41, 5.74) is 0. The molecule has 0 aliphatic rings. The Labute approximate surface area is 140 Å². The van der Waals surface area contributed by atoms with Gasteiger partial charge in [-0.3, -0.25) is 0 Å². The van der Waals surface area contributed by atoms with Crippen LogP contribution < -0.4 is 0 Å². The van der Waals surface area contributed by atoms with Crippen molar-refractivity contribution in [2.75, 3.05) is 0 Å². The zero-order chi connectivity index (χ0) is 15.6. The number of hydrogen-bond acceptors (Lipinski definition) is 2. The Kier molecular flexibility index (Phi) is 9.90. The van der Waals surface area contributed by atoms with Gasteiger partial charge < -0.3 is 0 Å². The predicted molar refractivity (Wildman–Crippen MR) is 95.6 cm³/mol. The van der Waals surface area contributed by atoms with Gasteiger partial charge in [0.1, 0.15) is 0 Å². The van der Waals surface area contributed by atoms with Crippen LogP contribution in [0, 0.1) is 0 Å². The Morgan fingerprint density at radius 1 is 0.952 bits per heavy atom. The normalized spacial score (nSPS) is 11.8. The maximum atomic E-state index is 6.06. The Bertz CT molecular complexity index is 376. The van der Waals surface area contributed by atoms with Crippen LogP contribution in [0.2, 0.25) is 18.5 Å². The molecule has 0 amide bonds. The van der Waals surface area contributed by atoms with Gasteiger partial charge in [0.2, 0.25) is 0 Å². The molecular weight excluding hydrogens is 386 g/mol. The number of halogens is 1. The fourth-order valence-corrected chi connectivity index (χ4v) is 18.7. The number of aromatic nitrogens is 2. The standard InChI is InChI=1S/C5H4ClN2.3C4H9.Sn/c1-4-7-3-2-5(6)8-4;3*1-3-4-2;/h2-3H,1H2;3*1,3-4H2,2H3;. The van der Waals surface area contributed by atoms with Crippen LogP contribution in [0.1, 0.15) is 65.1 Å². The minimum absolute atomic E-state index is 0.599. The molecule has 0 aliphatic carbocycles. The fourth-order valence-electron chi connectivity index (χ4n) is 3.09. The summed E-state index contributed by atoms with van der Waals surface area (Å²) >= 11 is 3.90. The molecule has 0 radical (unpaired) electrons. The van der Waals surface area contributed by atoms with E-state index >= 15 is 0 Å². The van der Waals surface area contributed by atoms with Crippen molar-refractivity contribution in [1.29, 1.82) is 0 Å². The van der Waals surface area contributed by atoms with Gasteiger partial charge in [-0.25, -0.2) is 0 Å². The summed E-state index contributed by atoms with van der Waals surface area (Å²) in [6.07, 6.45) is 9.94. The molecule has 0 saturated carbocycles. The monoisotopic (exact) mass is 418 g/mol. The number of unbranched alkanes of at least 4 members (excludes halogenated alkanes) is 3. The first kappa shape index (κ1) is 19.2. The Hall–Kier alpha value is 0.169. The van der Waals surface area contributed by atoms with Crippen LogP contribution in [-0.2, 0) is 4.44 Å². The molecule has 1 rings (SSSR count). The third-order valence-electron chi connectivity index (χ3n) is 4.39. The average molecular weight is 418 g/mol. The van der Waals surface area contributed by atoms with Crippen molar-refractivity contribution in [3.63, 3.8) is 0 Å². The molecule has 0 N–H and O–H groups in total. The molecule has 120 valence electrons. The van der Waals surface area contributed by atoms with Crippen molar-refractivity contribution >= 4 is 30.0 Å². The SMILES string of the molecule is CCC[CH2][Sn]([CH2]CCC)([CH2]CCC)[CH2]c1nccc(Cl)n1. The molecule has 0 atom stereocenters. The average Bonchev–Trinajstić information content (AvgIpc) is 2.48. The van der Waals surface area contributed by atoms with Gasteiger partial charge in [-0.1, -0.05) is 0 Å². The maximum absolute atomic E-state index is 6.06. The number of nitrogens with zero attached hydrogens (tertiary/aromatic N) is 2. The van der Waals surface area contributed by atoms with E-state index in [4.69, 9.17) is 11.6 Å². The quantitative estimate of drug-likeness (QED) is 0.323. The molecule has 0 bridgehead atoms. The first-order chi connectivity index (χ1) is 10.2. The van der Waals surface area contributed by atoms with Gasteiger partial charge in [-0.2, -0.15) is 0 Å². The van der Waals surface area contributed by atoms with Gasteiger partial charge in [0.15, 0.2) is 0 Å². The zero-order valence-electron chi connectivity index (χ0n) is 14.0. The van der Waals surface area contributed by atoms with Crippen molar-refractivity contribution in [2.24, 2.45) is 0 Å². The van der Waals surface area contributed by atoms with Crippen molar-refractivity contribution in [1.82, 2.24) is 9.97 Å². The van der Waals surface area contributed by atoms with E-state index in [9.17, 15) is 0 Å². The molecular formula is C17H31ClN2Sn. The number of hydrogen-bond donors (Lipinski definition) is 0. The van der Waals surface area contributed by atoms with Crippen molar-refractivity contribution in [3.8, 4) is 0 Å². The summed E-state index contributed by atoms with van der Waals surface area (Å²) in [4.78, 5) is 8.99. The molecule has 1 heterocycles. The molecule has 1 aromatic heterocycles. The van der Waals surface area contributed by atoms with Crippen LogP contribution >= 0.6 is 11.6 Å². The van der Waals surface area contributed by atoms with Crippen molar-refractivity contribution < 1.29 is 0 Å². The van der Waals surface area contributed by atoms with Crippen LogP contribution in [0.3, 0.4) is 0 Å². The van der Waals surface area contributed by atoms with Gasteiger partial charge >= 0.3 is 140 Å². The first-order valence-corrected chi connectivity index (χ1v) is 17.1. The van der Waals surface area contributed by atoms with Crippen LogP contribution in [0.4, 0.5) is 0 Å².